The molecule has 3 aromatic rings. The van der Waals surface area contributed by atoms with Crippen molar-refractivity contribution < 1.29 is 14.4 Å². The number of H-pyrrole nitrogens is 1. The first-order valence-corrected chi connectivity index (χ1v) is 10.9. The van der Waals surface area contributed by atoms with Gasteiger partial charge in [0.25, 0.3) is 11.8 Å². The lowest BCUT2D eigenvalue weighted by molar-refractivity contribution is -0.122. The molecule has 1 atom stereocenters. The van der Waals surface area contributed by atoms with E-state index in [1.807, 2.05) is 35.2 Å². The predicted molar refractivity (Wildman–Crippen MR) is 121 cm³/mol. The van der Waals surface area contributed by atoms with E-state index in [2.05, 4.69) is 20.8 Å². The van der Waals surface area contributed by atoms with Crippen LogP contribution < -0.4 is 10.6 Å². The molecule has 1 unspecified atom stereocenters. The number of hydrogen-bond donors (Lipinski definition) is 3. The summed E-state index contributed by atoms with van der Waals surface area (Å²) in [5, 5.41) is 13.1. The first-order valence-electron chi connectivity index (χ1n) is 10.9. The minimum atomic E-state index is -0.724. The zero-order valence-electron chi connectivity index (χ0n) is 18.1. The highest BCUT2D eigenvalue weighted by Gasteiger charge is 2.20. The molecule has 0 saturated carbocycles. The smallest absolute Gasteiger partial charge is 0.273 e. The van der Waals surface area contributed by atoms with Gasteiger partial charge in [-0.1, -0.05) is 30.3 Å². The molecule has 1 fully saturated rings. The molecule has 1 saturated heterocycles. The van der Waals surface area contributed by atoms with Crippen molar-refractivity contribution in [3.05, 3.63) is 65.4 Å². The van der Waals surface area contributed by atoms with Gasteiger partial charge in [-0.3, -0.25) is 19.5 Å². The number of carbonyl (C=O) groups is 3. The van der Waals surface area contributed by atoms with Gasteiger partial charge >= 0.3 is 0 Å². The zero-order valence-corrected chi connectivity index (χ0v) is 18.1. The van der Waals surface area contributed by atoms with E-state index in [9.17, 15) is 14.4 Å². The second-order valence-electron chi connectivity index (χ2n) is 8.08. The Kier molecular flexibility index (Phi) is 6.49. The molecule has 3 N–H and O–H groups in total. The summed E-state index contributed by atoms with van der Waals surface area (Å²) >= 11 is 0. The molecule has 4 rings (SSSR count). The lowest BCUT2D eigenvalue weighted by Gasteiger charge is -2.26. The van der Waals surface area contributed by atoms with Gasteiger partial charge in [0.15, 0.2) is 5.69 Å². The highest BCUT2D eigenvalue weighted by molar-refractivity contribution is 6.05. The van der Waals surface area contributed by atoms with Gasteiger partial charge in [0, 0.05) is 30.6 Å². The van der Waals surface area contributed by atoms with Crippen molar-refractivity contribution >= 4 is 28.6 Å². The summed E-state index contributed by atoms with van der Waals surface area (Å²) < 4.78 is 0. The maximum absolute atomic E-state index is 12.6. The number of para-hydroxylation sites is 1. The average Bonchev–Trinajstić information content (AvgIpc) is 3.27. The summed E-state index contributed by atoms with van der Waals surface area (Å²) in [4.78, 5) is 39.4. The van der Waals surface area contributed by atoms with Crippen LogP contribution in [-0.2, 0) is 11.3 Å². The summed E-state index contributed by atoms with van der Waals surface area (Å²) in [5.41, 5.74) is 2.56. The molecular formula is C24H27N5O3. The van der Waals surface area contributed by atoms with Crippen molar-refractivity contribution in [2.45, 2.75) is 38.8 Å². The number of aromatic amines is 1. The first kappa shape index (κ1) is 21.5. The topological polar surface area (TPSA) is 107 Å². The Morgan fingerprint density at radius 2 is 1.75 bits per heavy atom. The van der Waals surface area contributed by atoms with Gasteiger partial charge in [-0.05, 0) is 49.9 Å². The molecule has 1 aromatic heterocycles. The van der Waals surface area contributed by atoms with Crippen LogP contribution in [0.1, 0.15) is 52.6 Å². The molecule has 3 amide bonds. The molecule has 0 aliphatic carbocycles. The van der Waals surface area contributed by atoms with E-state index < -0.39 is 11.9 Å². The fourth-order valence-electron chi connectivity index (χ4n) is 3.85. The number of aromatic nitrogens is 2. The van der Waals surface area contributed by atoms with Gasteiger partial charge in [-0.25, -0.2) is 0 Å². The van der Waals surface area contributed by atoms with Crippen LogP contribution in [0.5, 0.6) is 0 Å². The minimum Gasteiger partial charge on any atom is -0.350 e. The van der Waals surface area contributed by atoms with Crippen LogP contribution >= 0.6 is 0 Å². The third kappa shape index (κ3) is 4.80. The predicted octanol–water partition coefficient (Wildman–Crippen LogP) is 2.62. The normalized spacial score (nSPS) is 14.7. The number of nitrogens with zero attached hydrogens (tertiary/aromatic N) is 2. The number of benzene rings is 2. The Morgan fingerprint density at radius 3 is 2.50 bits per heavy atom. The van der Waals surface area contributed by atoms with Crippen LogP contribution in [-0.4, -0.2) is 52.0 Å². The molecule has 2 aromatic carbocycles. The molecule has 0 radical (unpaired) electrons. The van der Waals surface area contributed by atoms with Crippen molar-refractivity contribution in [3.63, 3.8) is 0 Å². The van der Waals surface area contributed by atoms with Crippen LogP contribution in [0.3, 0.4) is 0 Å². The quantitative estimate of drug-likeness (QED) is 0.555. The molecule has 2 heterocycles. The second kappa shape index (κ2) is 9.64. The first-order chi connectivity index (χ1) is 15.5. The molecule has 8 nitrogen and oxygen atoms in total. The number of fused-ring (bicyclic) bond motifs is 1. The summed E-state index contributed by atoms with van der Waals surface area (Å²) in [6, 6.07) is 13.9. The highest BCUT2D eigenvalue weighted by atomic mass is 16.2. The summed E-state index contributed by atoms with van der Waals surface area (Å²) in [5.74, 6) is -0.653. The molecule has 32 heavy (non-hydrogen) atoms. The van der Waals surface area contributed by atoms with Crippen molar-refractivity contribution in [3.8, 4) is 0 Å². The van der Waals surface area contributed by atoms with E-state index >= 15 is 0 Å². The Hall–Kier alpha value is -3.68. The number of nitrogens with one attached hydrogen (secondary N) is 3. The lowest BCUT2D eigenvalue weighted by atomic mass is 10.1. The Bertz CT molecular complexity index is 1120. The number of likely N-dealkylation sites (tertiary alicyclic amines) is 1. The molecule has 1 aliphatic rings. The number of rotatable bonds is 6. The third-order valence-corrected chi connectivity index (χ3v) is 5.74. The molecular weight excluding hydrogens is 406 g/mol. The number of hydrogen-bond acceptors (Lipinski definition) is 4. The number of amides is 3. The largest absolute Gasteiger partial charge is 0.350 e. The van der Waals surface area contributed by atoms with Crippen molar-refractivity contribution in [2.24, 2.45) is 0 Å². The minimum absolute atomic E-state index is 0.0579. The fourth-order valence-corrected chi connectivity index (χ4v) is 3.85. The Balaban J connectivity index is 1.29. The van der Waals surface area contributed by atoms with Crippen LogP contribution in [0.4, 0.5) is 0 Å². The number of carbonyl (C=O) groups excluding carboxylic acids is 3. The van der Waals surface area contributed by atoms with E-state index in [0.29, 0.717) is 17.5 Å². The molecule has 166 valence electrons. The maximum atomic E-state index is 12.6. The van der Waals surface area contributed by atoms with Crippen LogP contribution in [0.25, 0.3) is 10.9 Å². The summed E-state index contributed by atoms with van der Waals surface area (Å²) in [6.07, 6.45) is 3.29. The monoisotopic (exact) mass is 433 g/mol. The van der Waals surface area contributed by atoms with Crippen LogP contribution in [0.2, 0.25) is 0 Å². The van der Waals surface area contributed by atoms with Gasteiger partial charge < -0.3 is 15.5 Å². The van der Waals surface area contributed by atoms with Gasteiger partial charge in [-0.2, -0.15) is 5.10 Å². The zero-order chi connectivity index (χ0) is 22.5. The Morgan fingerprint density at radius 1 is 1.03 bits per heavy atom. The van der Waals surface area contributed by atoms with E-state index in [4.69, 9.17) is 0 Å². The SMILES string of the molecule is CC(NC(=O)c1n[nH]c2ccccc12)C(=O)NCc1ccc(C(=O)N2CCCCC2)cc1. The van der Waals surface area contributed by atoms with E-state index in [0.717, 1.165) is 37.0 Å². The van der Waals surface area contributed by atoms with E-state index in [1.165, 1.54) is 6.42 Å². The third-order valence-electron chi connectivity index (χ3n) is 5.74. The van der Waals surface area contributed by atoms with Gasteiger partial charge in [0.2, 0.25) is 5.91 Å². The standard InChI is InChI=1S/C24H27N5O3/c1-16(26-23(31)21-19-7-3-4-8-20(19)27-28-21)22(30)25-15-17-9-11-18(12-10-17)24(32)29-13-5-2-6-14-29/h3-4,7-12,16H,2,5-6,13-15H2,1H3,(H,25,30)(H,26,31)(H,27,28). The summed E-state index contributed by atoms with van der Waals surface area (Å²) in [7, 11) is 0. The maximum Gasteiger partial charge on any atom is 0.273 e. The summed E-state index contributed by atoms with van der Waals surface area (Å²) in [6.45, 7) is 3.56. The van der Waals surface area contributed by atoms with Gasteiger partial charge in [0.05, 0.1) is 5.52 Å². The van der Waals surface area contributed by atoms with E-state index in [1.54, 1.807) is 25.1 Å². The van der Waals surface area contributed by atoms with Gasteiger partial charge in [0.1, 0.15) is 6.04 Å². The van der Waals surface area contributed by atoms with Crippen molar-refractivity contribution in [1.82, 2.24) is 25.7 Å². The van der Waals surface area contributed by atoms with Crippen LogP contribution in [0.15, 0.2) is 48.5 Å². The highest BCUT2D eigenvalue weighted by Crippen LogP contribution is 2.15. The van der Waals surface area contributed by atoms with Crippen molar-refractivity contribution in [2.75, 3.05) is 13.1 Å². The fraction of sp³-hybridized carbons (Fsp3) is 0.333. The van der Waals surface area contributed by atoms with Crippen molar-refractivity contribution in [1.29, 1.82) is 0 Å². The molecule has 1 aliphatic heterocycles. The number of piperidine rings is 1. The molecule has 0 bridgehead atoms. The molecule has 0 spiro atoms. The van der Waals surface area contributed by atoms with Crippen LogP contribution in [0, 0.1) is 0 Å². The lowest BCUT2D eigenvalue weighted by Crippen LogP contribution is -2.44. The second-order valence-corrected chi connectivity index (χ2v) is 8.08. The Labute approximate surface area is 186 Å². The average molecular weight is 434 g/mol. The molecule has 8 heteroatoms. The van der Waals surface area contributed by atoms with E-state index in [-0.39, 0.29) is 17.5 Å². The van der Waals surface area contributed by atoms with Gasteiger partial charge in [-0.15, -0.1) is 0 Å².